The molecule has 0 aromatic heterocycles. The summed E-state index contributed by atoms with van der Waals surface area (Å²) in [6.45, 7) is 0. The second-order valence-electron chi connectivity index (χ2n) is 2.72. The quantitative estimate of drug-likeness (QED) is 0.259. The topological polar surface area (TPSA) is 32.3 Å². The lowest BCUT2D eigenvalue weighted by Gasteiger charge is -1.98. The molecule has 2 N–H and O–H groups in total. The highest BCUT2D eigenvalue weighted by molar-refractivity contribution is 5.86. The average Bonchev–Trinajstić information content (AvgIpc) is 1.86. The summed E-state index contributed by atoms with van der Waals surface area (Å²) in [6.07, 6.45) is 3.55. The van der Waals surface area contributed by atoms with Gasteiger partial charge in [0.25, 0.3) is 5.84 Å². The van der Waals surface area contributed by atoms with Crippen molar-refractivity contribution in [2.45, 2.75) is 0 Å². The summed E-state index contributed by atoms with van der Waals surface area (Å²) in [5.41, 5.74) is 8.53. The van der Waals surface area contributed by atoms with Gasteiger partial charge in [-0.3, -0.25) is 10.3 Å². The second kappa shape index (κ2) is 4.58. The predicted octanol–water partition coefficient (Wildman–Crippen LogP) is -0.154. The van der Waals surface area contributed by atoms with Gasteiger partial charge in [0.1, 0.15) is 0 Å². The Morgan fingerprint density at radius 3 is 2.36 bits per heavy atom. The third-order valence-electron chi connectivity index (χ3n) is 1.08. The third kappa shape index (κ3) is 5.25. The fourth-order valence-corrected chi connectivity index (χ4v) is 0.401. The van der Waals surface area contributed by atoms with Crippen LogP contribution in [0.3, 0.4) is 0 Å². The molecule has 0 heterocycles. The normalized spacial score (nSPS) is 8.00. The van der Waals surface area contributed by atoms with Crippen LogP contribution in [0.4, 0.5) is 0 Å². The molecule has 0 fully saturated rings. The molecule has 0 saturated carbocycles. The second-order valence-corrected chi connectivity index (χ2v) is 2.72. The molecule has 0 aliphatic rings. The van der Waals surface area contributed by atoms with Gasteiger partial charge in [0.15, 0.2) is 0 Å². The fourth-order valence-electron chi connectivity index (χ4n) is 0.401. The van der Waals surface area contributed by atoms with Crippen LogP contribution in [-0.2, 0) is 0 Å². The first-order valence-corrected chi connectivity index (χ1v) is 3.43. The van der Waals surface area contributed by atoms with Gasteiger partial charge in [0.2, 0.25) is 0 Å². The molecule has 0 unspecified atom stereocenters. The van der Waals surface area contributed by atoms with Crippen molar-refractivity contribution in [2.75, 3.05) is 28.2 Å². The lowest BCUT2D eigenvalue weighted by atomic mass is 10.5. The van der Waals surface area contributed by atoms with Gasteiger partial charge in [-0.05, 0) is 0 Å². The highest BCUT2D eigenvalue weighted by Crippen LogP contribution is 1.73. The number of hydrogen-bond acceptors (Lipinski definition) is 1. The summed E-state index contributed by atoms with van der Waals surface area (Å²) < 4.78 is 1.83. The molecule has 0 amide bonds. The molecular weight excluding hydrogens is 138 g/mol. The van der Waals surface area contributed by atoms with Crippen molar-refractivity contribution < 1.29 is 4.58 Å². The number of hydrogen-bond donors (Lipinski definition) is 1. The van der Waals surface area contributed by atoms with Crippen LogP contribution < -0.4 is 5.73 Å². The van der Waals surface area contributed by atoms with E-state index in [0.717, 1.165) is 0 Å². The highest BCUT2D eigenvalue weighted by atomic mass is 15.0. The van der Waals surface area contributed by atoms with Gasteiger partial charge in [0.05, 0.1) is 20.2 Å². The monoisotopic (exact) mass is 154 g/mol. The van der Waals surface area contributed by atoms with E-state index in [1.54, 1.807) is 6.08 Å². The zero-order chi connectivity index (χ0) is 8.85. The minimum atomic E-state index is 0.697. The summed E-state index contributed by atoms with van der Waals surface area (Å²) in [6, 6.07) is 0. The van der Waals surface area contributed by atoms with Gasteiger partial charge < -0.3 is 4.90 Å². The summed E-state index contributed by atoms with van der Waals surface area (Å²) in [5.74, 6) is 0.697. The number of rotatable bonds is 2. The van der Waals surface area contributed by atoms with E-state index in [-0.39, 0.29) is 0 Å². The van der Waals surface area contributed by atoms with Crippen molar-refractivity contribution in [1.82, 2.24) is 4.90 Å². The number of nitrogens with two attached hydrogens (primary N) is 1. The minimum absolute atomic E-state index is 0.697. The Morgan fingerprint density at radius 2 is 2.00 bits per heavy atom. The maximum atomic E-state index is 5.59. The van der Waals surface area contributed by atoms with Crippen molar-refractivity contribution in [2.24, 2.45) is 5.73 Å². The molecule has 3 nitrogen and oxygen atoms in total. The molecule has 0 radical (unpaired) electrons. The lowest BCUT2D eigenvalue weighted by molar-refractivity contribution is -0.464. The van der Waals surface area contributed by atoms with Crippen LogP contribution in [0, 0.1) is 0 Å². The maximum absolute atomic E-state index is 5.59. The van der Waals surface area contributed by atoms with Crippen LogP contribution in [0.15, 0.2) is 18.0 Å². The molecule has 0 aromatic carbocycles. The SMILES string of the molecule is CN(C)C=C=CC(N)=[N+](C)C. The van der Waals surface area contributed by atoms with E-state index in [9.17, 15) is 0 Å². The van der Waals surface area contributed by atoms with Gasteiger partial charge in [-0.25, -0.2) is 0 Å². The summed E-state index contributed by atoms with van der Waals surface area (Å²) in [4.78, 5) is 1.90. The Kier molecular flexibility index (Phi) is 4.08. The Labute approximate surface area is 68.1 Å². The standard InChI is InChI=1S/C8H15N3/c1-10(2)7-5-6-8(9)11(3)4/h6-7,9H,1-4H3/p+1. The molecule has 0 atom stereocenters. The Hall–Kier alpha value is -1.21. The third-order valence-corrected chi connectivity index (χ3v) is 1.08. The van der Waals surface area contributed by atoms with E-state index in [0.29, 0.717) is 5.84 Å². The smallest absolute Gasteiger partial charge is 0.275 e. The van der Waals surface area contributed by atoms with E-state index < -0.39 is 0 Å². The molecule has 3 heteroatoms. The van der Waals surface area contributed by atoms with Crippen molar-refractivity contribution in [3.05, 3.63) is 18.0 Å². The molecule has 0 aliphatic carbocycles. The minimum Gasteiger partial charge on any atom is -0.377 e. The molecule has 0 aliphatic heterocycles. The molecule has 0 aromatic rings. The van der Waals surface area contributed by atoms with E-state index >= 15 is 0 Å². The first-order valence-electron chi connectivity index (χ1n) is 3.43. The van der Waals surface area contributed by atoms with Crippen LogP contribution in [0.1, 0.15) is 0 Å². The van der Waals surface area contributed by atoms with Crippen LogP contribution in [-0.4, -0.2) is 43.5 Å². The van der Waals surface area contributed by atoms with Crippen molar-refractivity contribution in [1.29, 1.82) is 0 Å². The molecule has 0 saturated heterocycles. The first-order chi connectivity index (χ1) is 5.04. The van der Waals surface area contributed by atoms with Crippen LogP contribution >= 0.6 is 0 Å². The lowest BCUT2D eigenvalue weighted by Crippen LogP contribution is -2.19. The zero-order valence-electron chi connectivity index (χ0n) is 7.63. The molecule has 0 spiro atoms. The predicted molar refractivity (Wildman–Crippen MR) is 47.6 cm³/mol. The molecule has 0 bridgehead atoms. The highest BCUT2D eigenvalue weighted by Gasteiger charge is 1.89. The van der Waals surface area contributed by atoms with E-state index in [2.05, 4.69) is 5.73 Å². The number of amidine groups is 1. The summed E-state index contributed by atoms with van der Waals surface area (Å²) >= 11 is 0. The van der Waals surface area contributed by atoms with Gasteiger partial charge in [-0.2, -0.15) is 0 Å². The van der Waals surface area contributed by atoms with E-state index in [4.69, 9.17) is 5.73 Å². The Bertz CT molecular complexity index is 203. The summed E-state index contributed by atoms with van der Waals surface area (Å²) in [5, 5.41) is 0. The van der Waals surface area contributed by atoms with Crippen LogP contribution in [0.2, 0.25) is 0 Å². The van der Waals surface area contributed by atoms with Crippen molar-refractivity contribution in [3.8, 4) is 0 Å². The molecule has 62 valence electrons. The van der Waals surface area contributed by atoms with Gasteiger partial charge in [-0.15, -0.1) is 0 Å². The van der Waals surface area contributed by atoms with Gasteiger partial charge in [-0.1, -0.05) is 5.73 Å². The van der Waals surface area contributed by atoms with Gasteiger partial charge >= 0.3 is 0 Å². The molecular formula is C8H16N3+. The fraction of sp³-hybridized carbons (Fsp3) is 0.500. The van der Waals surface area contributed by atoms with Crippen molar-refractivity contribution >= 4 is 5.84 Å². The Balaban J connectivity index is 4.26. The van der Waals surface area contributed by atoms with Gasteiger partial charge in [0, 0.05) is 20.3 Å². The average molecular weight is 154 g/mol. The van der Waals surface area contributed by atoms with Crippen LogP contribution in [0.25, 0.3) is 0 Å². The van der Waals surface area contributed by atoms with E-state index in [1.807, 2.05) is 43.9 Å². The molecule has 0 rings (SSSR count). The summed E-state index contributed by atoms with van der Waals surface area (Å²) in [7, 11) is 7.66. The van der Waals surface area contributed by atoms with Crippen LogP contribution in [0.5, 0.6) is 0 Å². The molecule has 11 heavy (non-hydrogen) atoms. The Morgan fingerprint density at radius 1 is 1.45 bits per heavy atom. The van der Waals surface area contributed by atoms with E-state index in [1.165, 1.54) is 0 Å². The first kappa shape index (κ1) is 9.79. The van der Waals surface area contributed by atoms with Crippen molar-refractivity contribution in [3.63, 3.8) is 0 Å². The maximum Gasteiger partial charge on any atom is 0.275 e. The number of nitrogens with zero attached hydrogens (tertiary/aromatic N) is 2. The zero-order valence-corrected chi connectivity index (χ0v) is 7.63. The largest absolute Gasteiger partial charge is 0.377 e.